The Morgan fingerprint density at radius 1 is 1.59 bits per heavy atom. The van der Waals surface area contributed by atoms with E-state index in [2.05, 4.69) is 9.88 Å². The van der Waals surface area contributed by atoms with Gasteiger partial charge in [-0.2, -0.15) is 0 Å². The topological polar surface area (TPSA) is 51.4 Å². The summed E-state index contributed by atoms with van der Waals surface area (Å²) in [7, 11) is 1.76. The summed E-state index contributed by atoms with van der Waals surface area (Å²) in [5, 5.41) is 0. The molecule has 0 radical (unpaired) electrons. The molecule has 1 aromatic rings. The second-order valence-corrected chi connectivity index (χ2v) is 4.66. The number of nitrogens with zero attached hydrogens (tertiary/aromatic N) is 2. The highest BCUT2D eigenvalue weighted by atomic mass is 32.1. The third-order valence-corrected chi connectivity index (χ3v) is 3.30. The Hall–Kier alpha value is -1.20. The van der Waals surface area contributed by atoms with Gasteiger partial charge in [0.2, 0.25) is 0 Å². The molecular formula is C12H17N3OS. The second kappa shape index (κ2) is 5.42. The van der Waals surface area contributed by atoms with Crippen LogP contribution in [0.2, 0.25) is 0 Å². The fourth-order valence-electron chi connectivity index (χ4n) is 2.06. The molecule has 1 saturated heterocycles. The highest BCUT2D eigenvalue weighted by molar-refractivity contribution is 7.80. The van der Waals surface area contributed by atoms with Crippen molar-refractivity contribution in [2.45, 2.75) is 18.9 Å². The number of hydrogen-bond donors (Lipinski definition) is 1. The number of pyridine rings is 1. The summed E-state index contributed by atoms with van der Waals surface area (Å²) in [4.78, 5) is 7.02. The van der Waals surface area contributed by atoms with Crippen LogP contribution in [0.25, 0.3) is 0 Å². The molecule has 0 spiro atoms. The molecule has 2 heterocycles. The predicted octanol–water partition coefficient (Wildman–Crippen LogP) is 1.33. The van der Waals surface area contributed by atoms with Gasteiger partial charge in [0.25, 0.3) is 0 Å². The fourth-order valence-corrected chi connectivity index (χ4v) is 2.18. The van der Waals surface area contributed by atoms with Crippen molar-refractivity contribution in [2.24, 2.45) is 5.73 Å². The van der Waals surface area contributed by atoms with Crippen LogP contribution < -0.4 is 10.6 Å². The van der Waals surface area contributed by atoms with Gasteiger partial charge in [-0.15, -0.1) is 0 Å². The van der Waals surface area contributed by atoms with Gasteiger partial charge in [-0.1, -0.05) is 12.2 Å². The first kappa shape index (κ1) is 12.3. The smallest absolute Gasteiger partial charge is 0.128 e. The van der Waals surface area contributed by atoms with E-state index in [1.54, 1.807) is 13.3 Å². The Bertz CT molecular complexity index is 393. The lowest BCUT2D eigenvalue weighted by Gasteiger charge is -2.32. The Kier molecular flexibility index (Phi) is 3.91. The molecule has 0 amide bonds. The Balaban J connectivity index is 2.08. The van der Waals surface area contributed by atoms with Gasteiger partial charge >= 0.3 is 0 Å². The minimum absolute atomic E-state index is 0.306. The quantitative estimate of drug-likeness (QED) is 0.821. The maximum Gasteiger partial charge on any atom is 0.128 e. The van der Waals surface area contributed by atoms with Gasteiger partial charge in [-0.05, 0) is 25.0 Å². The van der Waals surface area contributed by atoms with Crippen molar-refractivity contribution in [3.63, 3.8) is 0 Å². The molecule has 5 heteroatoms. The van der Waals surface area contributed by atoms with Crippen LogP contribution in [-0.4, -0.2) is 36.3 Å². The lowest BCUT2D eigenvalue weighted by atomic mass is 10.1. The number of aromatic nitrogens is 1. The van der Waals surface area contributed by atoms with Crippen LogP contribution >= 0.6 is 12.2 Å². The first-order chi connectivity index (χ1) is 8.20. The van der Waals surface area contributed by atoms with Gasteiger partial charge in [-0.25, -0.2) is 4.98 Å². The maximum atomic E-state index is 5.54. The summed E-state index contributed by atoms with van der Waals surface area (Å²) in [6.07, 6.45) is 4.30. The highest BCUT2D eigenvalue weighted by Gasteiger charge is 2.20. The first-order valence-electron chi connectivity index (χ1n) is 5.74. The zero-order valence-corrected chi connectivity index (χ0v) is 10.7. The third kappa shape index (κ3) is 2.92. The van der Waals surface area contributed by atoms with Crippen LogP contribution in [0.1, 0.15) is 18.4 Å². The van der Waals surface area contributed by atoms with E-state index in [4.69, 9.17) is 22.7 Å². The van der Waals surface area contributed by atoms with Crippen LogP contribution in [0.4, 0.5) is 5.82 Å². The number of rotatable bonds is 3. The zero-order chi connectivity index (χ0) is 12.3. The Labute approximate surface area is 107 Å². The van der Waals surface area contributed by atoms with Crippen molar-refractivity contribution < 1.29 is 4.74 Å². The molecule has 1 unspecified atom stereocenters. The van der Waals surface area contributed by atoms with Crippen LogP contribution in [-0.2, 0) is 4.74 Å². The number of nitrogens with two attached hydrogens (primary N) is 1. The van der Waals surface area contributed by atoms with Gasteiger partial charge in [0.15, 0.2) is 0 Å². The van der Waals surface area contributed by atoms with Gasteiger partial charge in [0.05, 0.1) is 6.10 Å². The lowest BCUT2D eigenvalue weighted by molar-refractivity contribution is 0.0891. The monoisotopic (exact) mass is 251 g/mol. The summed E-state index contributed by atoms with van der Waals surface area (Å²) in [6.45, 7) is 1.93. The van der Waals surface area contributed by atoms with E-state index in [-0.39, 0.29) is 0 Å². The van der Waals surface area contributed by atoms with E-state index >= 15 is 0 Å². The van der Waals surface area contributed by atoms with Crippen LogP contribution in [0, 0.1) is 0 Å². The fraction of sp³-hybridized carbons (Fsp3) is 0.500. The summed E-state index contributed by atoms with van der Waals surface area (Å²) in [5.41, 5.74) is 6.35. The van der Waals surface area contributed by atoms with Gasteiger partial charge in [-0.3, -0.25) is 0 Å². The molecule has 4 nitrogen and oxygen atoms in total. The van der Waals surface area contributed by atoms with E-state index in [1.807, 2.05) is 12.1 Å². The van der Waals surface area contributed by atoms with Crippen molar-refractivity contribution in [3.05, 3.63) is 23.9 Å². The van der Waals surface area contributed by atoms with Gasteiger partial charge < -0.3 is 15.4 Å². The predicted molar refractivity (Wildman–Crippen MR) is 72.4 cm³/mol. The maximum absolute atomic E-state index is 5.54. The summed E-state index contributed by atoms with van der Waals surface area (Å²) in [6, 6.07) is 3.88. The van der Waals surface area contributed by atoms with E-state index in [0.29, 0.717) is 11.1 Å². The average Bonchev–Trinajstić information content (AvgIpc) is 2.39. The number of thiocarbonyl (C=S) groups is 1. The van der Waals surface area contributed by atoms with Crippen LogP contribution in [0.5, 0.6) is 0 Å². The average molecular weight is 251 g/mol. The molecule has 1 atom stereocenters. The lowest BCUT2D eigenvalue weighted by Crippen LogP contribution is -2.39. The summed E-state index contributed by atoms with van der Waals surface area (Å²) in [5.74, 6) is 0.965. The number of hydrogen-bond acceptors (Lipinski definition) is 4. The molecule has 2 rings (SSSR count). The zero-order valence-electron chi connectivity index (χ0n) is 9.93. The van der Waals surface area contributed by atoms with Crippen molar-refractivity contribution in [1.82, 2.24) is 4.98 Å². The van der Waals surface area contributed by atoms with E-state index < -0.39 is 0 Å². The van der Waals surface area contributed by atoms with Crippen molar-refractivity contribution in [3.8, 4) is 0 Å². The van der Waals surface area contributed by atoms with Gasteiger partial charge in [0.1, 0.15) is 10.8 Å². The SMILES string of the molecule is COC1CCCN(c2ccc(C(N)=S)cn2)C1. The van der Waals surface area contributed by atoms with Crippen molar-refractivity contribution in [1.29, 1.82) is 0 Å². The molecule has 0 saturated carbocycles. The van der Waals surface area contributed by atoms with Crippen molar-refractivity contribution >= 4 is 23.0 Å². The number of methoxy groups -OCH3 is 1. The molecule has 0 aliphatic carbocycles. The molecule has 1 aliphatic rings. The Morgan fingerprint density at radius 2 is 2.41 bits per heavy atom. The first-order valence-corrected chi connectivity index (χ1v) is 6.15. The van der Waals surface area contributed by atoms with E-state index in [0.717, 1.165) is 37.3 Å². The molecule has 1 fully saturated rings. The molecule has 92 valence electrons. The molecule has 2 N–H and O–H groups in total. The van der Waals surface area contributed by atoms with Crippen molar-refractivity contribution in [2.75, 3.05) is 25.1 Å². The summed E-state index contributed by atoms with van der Waals surface area (Å²) < 4.78 is 5.39. The standard InChI is InChI=1S/C12H17N3OS/c1-16-10-3-2-6-15(8-10)11-5-4-9(7-14-11)12(13)17/h4-5,7,10H,2-3,6,8H2,1H3,(H2,13,17). The highest BCUT2D eigenvalue weighted by Crippen LogP contribution is 2.19. The van der Waals surface area contributed by atoms with E-state index in [1.165, 1.54) is 0 Å². The van der Waals surface area contributed by atoms with E-state index in [9.17, 15) is 0 Å². The molecule has 17 heavy (non-hydrogen) atoms. The van der Waals surface area contributed by atoms with Gasteiger partial charge in [0, 0.05) is 32.0 Å². The Morgan fingerprint density at radius 3 is 3.00 bits per heavy atom. The summed E-state index contributed by atoms with van der Waals surface area (Å²) >= 11 is 4.90. The molecular weight excluding hydrogens is 234 g/mol. The number of anilines is 1. The molecule has 0 aromatic carbocycles. The number of ether oxygens (including phenoxy) is 1. The van der Waals surface area contributed by atoms with Crippen LogP contribution in [0.3, 0.4) is 0 Å². The molecule has 1 aliphatic heterocycles. The molecule has 0 bridgehead atoms. The second-order valence-electron chi connectivity index (χ2n) is 4.22. The van der Waals surface area contributed by atoms with Crippen LogP contribution in [0.15, 0.2) is 18.3 Å². The minimum Gasteiger partial charge on any atom is -0.389 e. The molecule has 1 aromatic heterocycles. The minimum atomic E-state index is 0.306. The number of piperidine rings is 1. The third-order valence-electron chi connectivity index (χ3n) is 3.07. The largest absolute Gasteiger partial charge is 0.389 e. The normalized spacial score (nSPS) is 20.3.